The first-order valence-corrected chi connectivity index (χ1v) is 11.5. The van der Waals surface area contributed by atoms with Crippen LogP contribution < -0.4 is 24.6 Å². The van der Waals surface area contributed by atoms with Crippen molar-refractivity contribution in [2.75, 3.05) is 43.0 Å². The second-order valence-electron chi connectivity index (χ2n) is 7.66. The average Bonchev–Trinajstić information content (AvgIpc) is 3.22. The maximum Gasteiger partial charge on any atom is 0.270 e. The number of hydrogen-bond donors (Lipinski definition) is 1. The first kappa shape index (κ1) is 23.1. The molecule has 1 N–H and O–H groups in total. The molecule has 0 aliphatic carbocycles. The van der Waals surface area contributed by atoms with Gasteiger partial charge in [0.1, 0.15) is 17.1 Å². The molecule has 0 radical (unpaired) electrons. The molecule has 0 aromatic heterocycles. The van der Waals surface area contributed by atoms with Crippen LogP contribution in [0.15, 0.2) is 42.0 Å². The molecule has 2 aromatic carbocycles. The van der Waals surface area contributed by atoms with Gasteiger partial charge < -0.3 is 14.4 Å². The van der Waals surface area contributed by atoms with Crippen molar-refractivity contribution in [3.8, 4) is 11.5 Å². The van der Waals surface area contributed by atoms with E-state index in [9.17, 15) is 9.59 Å². The third kappa shape index (κ3) is 4.54. The Morgan fingerprint density at radius 2 is 1.94 bits per heavy atom. The lowest BCUT2D eigenvalue weighted by atomic mass is 10.0. The third-order valence-corrected chi connectivity index (χ3v) is 6.25. The van der Waals surface area contributed by atoms with E-state index < -0.39 is 11.8 Å². The van der Waals surface area contributed by atoms with E-state index in [1.165, 1.54) is 30.4 Å². The molecule has 0 bridgehead atoms. The molecule has 2 heterocycles. The zero-order chi connectivity index (χ0) is 23.5. The van der Waals surface area contributed by atoms with Gasteiger partial charge in [-0.2, -0.15) is 0 Å². The van der Waals surface area contributed by atoms with Crippen molar-refractivity contribution < 1.29 is 19.1 Å². The van der Waals surface area contributed by atoms with Crippen LogP contribution in [0, 0.1) is 0 Å². The summed E-state index contributed by atoms with van der Waals surface area (Å²) >= 11 is 11.2. The molecule has 9 heteroatoms. The lowest BCUT2D eigenvalue weighted by molar-refractivity contribution is -0.122. The fourth-order valence-corrected chi connectivity index (χ4v) is 4.47. The highest BCUT2D eigenvalue weighted by molar-refractivity contribution is 7.80. The molecule has 1 fully saturated rings. The molecule has 2 aliphatic rings. The summed E-state index contributed by atoms with van der Waals surface area (Å²) in [6.07, 6.45) is 3.43. The van der Waals surface area contributed by atoms with E-state index in [2.05, 4.69) is 10.2 Å². The number of ether oxygens (including phenoxy) is 2. The van der Waals surface area contributed by atoms with E-state index in [1.807, 2.05) is 18.2 Å². The van der Waals surface area contributed by atoms with Gasteiger partial charge in [-0.25, -0.2) is 4.90 Å². The Morgan fingerprint density at radius 3 is 2.67 bits per heavy atom. The van der Waals surface area contributed by atoms with Crippen molar-refractivity contribution in [1.82, 2.24) is 5.32 Å². The Bertz CT molecular complexity index is 1150. The molecular formula is C24H24ClN3O4S. The normalized spacial score (nSPS) is 16.8. The van der Waals surface area contributed by atoms with E-state index in [1.54, 1.807) is 24.3 Å². The first-order valence-electron chi connectivity index (χ1n) is 10.5. The fraction of sp³-hybridized carbons (Fsp3) is 0.292. The number of nitrogens with one attached hydrogen (secondary N) is 1. The van der Waals surface area contributed by atoms with Crippen LogP contribution in [0.1, 0.15) is 17.5 Å². The predicted molar refractivity (Wildman–Crippen MR) is 133 cm³/mol. The summed E-state index contributed by atoms with van der Waals surface area (Å²) in [6, 6.07) is 11.0. The molecule has 0 atom stereocenters. The second kappa shape index (κ2) is 9.80. The summed E-state index contributed by atoms with van der Waals surface area (Å²) in [5.74, 6) is 0.522. The quantitative estimate of drug-likeness (QED) is 0.280. The summed E-state index contributed by atoms with van der Waals surface area (Å²) in [5, 5.41) is 2.60. The largest absolute Gasteiger partial charge is 0.497 e. The third-order valence-electron chi connectivity index (χ3n) is 5.70. The molecule has 0 unspecified atom stereocenters. The number of anilines is 2. The number of thiocarbonyl (C=S) groups is 1. The molecule has 7 nitrogen and oxygen atoms in total. The number of halogens is 1. The van der Waals surface area contributed by atoms with Gasteiger partial charge in [-0.05, 0) is 66.5 Å². The van der Waals surface area contributed by atoms with Crippen LogP contribution in [0.4, 0.5) is 11.4 Å². The molecule has 2 aliphatic heterocycles. The molecule has 172 valence electrons. The number of hydrogen-bond acceptors (Lipinski definition) is 6. The molecule has 33 heavy (non-hydrogen) atoms. The van der Waals surface area contributed by atoms with Crippen LogP contribution in [0.2, 0.25) is 0 Å². The zero-order valence-electron chi connectivity index (χ0n) is 18.4. The van der Waals surface area contributed by atoms with Crippen LogP contribution in [0.3, 0.4) is 0 Å². The monoisotopic (exact) mass is 485 g/mol. The van der Waals surface area contributed by atoms with Crippen molar-refractivity contribution in [2.45, 2.75) is 12.8 Å². The number of nitrogens with zero attached hydrogens (tertiary/aromatic N) is 2. The van der Waals surface area contributed by atoms with Crippen LogP contribution >= 0.6 is 23.8 Å². The number of rotatable bonds is 7. The minimum atomic E-state index is -0.535. The van der Waals surface area contributed by atoms with Crippen molar-refractivity contribution in [3.63, 3.8) is 0 Å². The Hall–Kier alpha value is -3.10. The summed E-state index contributed by atoms with van der Waals surface area (Å²) in [5.41, 5.74) is 3.51. The van der Waals surface area contributed by atoms with Gasteiger partial charge in [0.15, 0.2) is 5.11 Å². The number of amides is 2. The van der Waals surface area contributed by atoms with Gasteiger partial charge in [0.2, 0.25) is 0 Å². The van der Waals surface area contributed by atoms with E-state index >= 15 is 0 Å². The summed E-state index contributed by atoms with van der Waals surface area (Å²) in [6.45, 7) is 1.84. The van der Waals surface area contributed by atoms with Gasteiger partial charge in [0.05, 0.1) is 19.9 Å². The van der Waals surface area contributed by atoms with Crippen LogP contribution in [-0.2, 0) is 16.0 Å². The van der Waals surface area contributed by atoms with Gasteiger partial charge in [-0.15, -0.1) is 11.6 Å². The number of benzene rings is 2. The van der Waals surface area contributed by atoms with Gasteiger partial charge in [-0.3, -0.25) is 14.9 Å². The molecule has 0 spiro atoms. The standard InChI is InChI=1S/C24H24ClN3O4S/c1-31-17-5-7-21(32-2)20(14-17)28-23(30)18(22(29)26-24(28)33)13-15-4-6-19-16(12-15)8-11-27(19)10-3-9-25/h4-7,12-14H,3,8-11H2,1-2H3,(H,26,29,33). The lowest BCUT2D eigenvalue weighted by Crippen LogP contribution is -2.54. The fourth-order valence-electron chi connectivity index (χ4n) is 4.08. The van der Waals surface area contributed by atoms with Gasteiger partial charge in [0, 0.05) is 30.7 Å². The molecule has 1 saturated heterocycles. The number of fused-ring (bicyclic) bond motifs is 1. The van der Waals surface area contributed by atoms with E-state index in [-0.39, 0.29) is 10.7 Å². The maximum atomic E-state index is 13.4. The van der Waals surface area contributed by atoms with Crippen molar-refractivity contribution >= 4 is 58.2 Å². The topological polar surface area (TPSA) is 71.1 Å². The Kier molecular flexibility index (Phi) is 6.85. The van der Waals surface area contributed by atoms with Crippen LogP contribution in [0.25, 0.3) is 6.08 Å². The predicted octanol–water partition coefficient (Wildman–Crippen LogP) is 3.53. The number of alkyl halides is 1. The van der Waals surface area contributed by atoms with Crippen LogP contribution in [0.5, 0.6) is 11.5 Å². The molecule has 4 rings (SSSR count). The van der Waals surface area contributed by atoms with Gasteiger partial charge in [0.25, 0.3) is 11.8 Å². The van der Waals surface area contributed by atoms with Crippen molar-refractivity contribution in [3.05, 3.63) is 53.1 Å². The number of methoxy groups -OCH3 is 2. The lowest BCUT2D eigenvalue weighted by Gasteiger charge is -2.30. The first-order chi connectivity index (χ1) is 16.0. The smallest absolute Gasteiger partial charge is 0.270 e. The number of carbonyl (C=O) groups is 2. The summed E-state index contributed by atoms with van der Waals surface area (Å²) < 4.78 is 10.7. The number of carbonyl (C=O) groups excluding carboxylic acids is 2. The Balaban J connectivity index is 1.67. The van der Waals surface area contributed by atoms with Gasteiger partial charge in [-0.1, -0.05) is 6.07 Å². The summed E-state index contributed by atoms with van der Waals surface area (Å²) in [7, 11) is 3.03. The Morgan fingerprint density at radius 1 is 1.12 bits per heavy atom. The van der Waals surface area contributed by atoms with Gasteiger partial charge >= 0.3 is 0 Å². The zero-order valence-corrected chi connectivity index (χ0v) is 20.0. The van der Waals surface area contributed by atoms with E-state index in [0.29, 0.717) is 23.1 Å². The summed E-state index contributed by atoms with van der Waals surface area (Å²) in [4.78, 5) is 29.7. The maximum absolute atomic E-state index is 13.4. The SMILES string of the molecule is COc1ccc(OC)c(N2C(=O)C(=Cc3ccc4c(c3)CCN4CCCCl)C(=O)NC2=S)c1. The minimum absolute atomic E-state index is 0.00887. The van der Waals surface area contributed by atoms with E-state index in [0.717, 1.165) is 31.5 Å². The van der Waals surface area contributed by atoms with E-state index in [4.69, 9.17) is 33.3 Å². The highest BCUT2D eigenvalue weighted by atomic mass is 35.5. The van der Waals surface area contributed by atoms with Crippen LogP contribution in [-0.4, -0.2) is 50.1 Å². The average molecular weight is 486 g/mol. The molecule has 0 saturated carbocycles. The molecular weight excluding hydrogens is 462 g/mol. The Labute approximate surface area is 202 Å². The second-order valence-corrected chi connectivity index (χ2v) is 8.43. The minimum Gasteiger partial charge on any atom is -0.497 e. The van der Waals surface area contributed by atoms with Crippen molar-refractivity contribution in [1.29, 1.82) is 0 Å². The van der Waals surface area contributed by atoms with Crippen molar-refractivity contribution in [2.24, 2.45) is 0 Å². The molecule has 2 amide bonds. The highest BCUT2D eigenvalue weighted by Crippen LogP contribution is 2.35. The highest BCUT2D eigenvalue weighted by Gasteiger charge is 2.36. The molecule has 2 aromatic rings.